The maximum atomic E-state index is 11.4. The second-order valence-corrected chi connectivity index (χ2v) is 5.75. The van der Waals surface area contributed by atoms with Gasteiger partial charge in [0.2, 0.25) is 0 Å². The molecular formula is C15H24O6. The highest BCUT2D eigenvalue weighted by atomic mass is 16.6. The van der Waals surface area contributed by atoms with Crippen LogP contribution in [0.4, 0.5) is 0 Å². The fraction of sp³-hybridized carbons (Fsp3) is 0.800. The molecule has 5 atom stereocenters. The van der Waals surface area contributed by atoms with Gasteiger partial charge in [0.05, 0.1) is 38.1 Å². The van der Waals surface area contributed by atoms with Gasteiger partial charge in [0.25, 0.3) is 0 Å². The number of epoxide rings is 1. The van der Waals surface area contributed by atoms with Crippen molar-refractivity contribution >= 4 is 5.97 Å². The Kier molecular flexibility index (Phi) is 5.75. The van der Waals surface area contributed by atoms with E-state index < -0.39 is 24.3 Å². The molecule has 0 aromatic heterocycles. The van der Waals surface area contributed by atoms with Gasteiger partial charge in [-0.1, -0.05) is 5.57 Å². The number of rotatable bonds is 6. The van der Waals surface area contributed by atoms with Crippen LogP contribution in [0.5, 0.6) is 0 Å². The molecule has 2 heterocycles. The number of carbonyl (C=O) groups is 1. The van der Waals surface area contributed by atoms with Gasteiger partial charge in [0.15, 0.2) is 0 Å². The van der Waals surface area contributed by atoms with E-state index in [1.807, 2.05) is 0 Å². The van der Waals surface area contributed by atoms with Crippen LogP contribution in [0.25, 0.3) is 0 Å². The fourth-order valence-corrected chi connectivity index (χ4v) is 2.63. The molecule has 0 radical (unpaired) electrons. The van der Waals surface area contributed by atoms with Crippen LogP contribution >= 0.6 is 0 Å². The van der Waals surface area contributed by atoms with Crippen LogP contribution in [0.15, 0.2) is 11.6 Å². The molecule has 2 saturated heterocycles. The third-order valence-corrected chi connectivity index (χ3v) is 3.88. The van der Waals surface area contributed by atoms with Crippen molar-refractivity contribution in [2.45, 2.75) is 51.1 Å². The van der Waals surface area contributed by atoms with Gasteiger partial charge in [0, 0.05) is 12.0 Å². The highest BCUT2D eigenvalue weighted by Crippen LogP contribution is 2.30. The predicted octanol–water partition coefficient (Wildman–Crippen LogP) is 0.412. The van der Waals surface area contributed by atoms with Crippen LogP contribution in [0.1, 0.15) is 26.7 Å². The zero-order valence-electron chi connectivity index (χ0n) is 12.5. The third-order valence-electron chi connectivity index (χ3n) is 3.88. The number of hydrogen-bond donors (Lipinski definition) is 2. The summed E-state index contributed by atoms with van der Waals surface area (Å²) in [5.74, 6) is -0.498. The van der Waals surface area contributed by atoms with Gasteiger partial charge in [-0.3, -0.25) is 0 Å². The average Bonchev–Trinajstić information content (AvgIpc) is 3.22. The summed E-state index contributed by atoms with van der Waals surface area (Å²) in [6, 6.07) is 0. The Hall–Kier alpha value is -0.950. The van der Waals surface area contributed by atoms with Crippen molar-refractivity contribution in [2.75, 3.05) is 19.8 Å². The summed E-state index contributed by atoms with van der Waals surface area (Å²) in [7, 11) is 0. The highest BCUT2D eigenvalue weighted by molar-refractivity contribution is 5.82. The molecule has 0 aromatic rings. The Balaban J connectivity index is 1.85. The Labute approximate surface area is 124 Å². The van der Waals surface area contributed by atoms with E-state index in [0.29, 0.717) is 26.1 Å². The van der Waals surface area contributed by atoms with Gasteiger partial charge in [-0.25, -0.2) is 4.79 Å². The lowest BCUT2D eigenvalue weighted by Crippen LogP contribution is -2.50. The number of carbonyl (C=O) groups excluding carboxylic acids is 1. The molecule has 120 valence electrons. The summed E-state index contributed by atoms with van der Waals surface area (Å²) in [4.78, 5) is 11.4. The van der Waals surface area contributed by atoms with E-state index in [0.717, 1.165) is 12.2 Å². The largest absolute Gasteiger partial charge is 0.463 e. The molecule has 0 aliphatic carbocycles. The van der Waals surface area contributed by atoms with Crippen molar-refractivity contribution in [3.63, 3.8) is 0 Å². The summed E-state index contributed by atoms with van der Waals surface area (Å²) in [6.07, 6.45) is 0.434. The van der Waals surface area contributed by atoms with Crippen molar-refractivity contribution in [3.8, 4) is 0 Å². The van der Waals surface area contributed by atoms with E-state index in [2.05, 4.69) is 0 Å². The summed E-state index contributed by atoms with van der Waals surface area (Å²) in [6.45, 7) is 4.98. The Morgan fingerprint density at radius 2 is 2.00 bits per heavy atom. The molecule has 0 amide bonds. The first-order valence-corrected chi connectivity index (χ1v) is 7.44. The molecule has 1 unspecified atom stereocenters. The first-order valence-electron chi connectivity index (χ1n) is 7.44. The molecule has 2 aliphatic rings. The first kappa shape index (κ1) is 16.4. The third kappa shape index (κ3) is 4.78. The van der Waals surface area contributed by atoms with Gasteiger partial charge in [-0.05, 0) is 26.7 Å². The van der Waals surface area contributed by atoms with Crippen LogP contribution in [-0.2, 0) is 19.0 Å². The second-order valence-electron chi connectivity index (χ2n) is 5.75. The van der Waals surface area contributed by atoms with Crippen LogP contribution < -0.4 is 0 Å². The van der Waals surface area contributed by atoms with Crippen molar-refractivity contribution in [3.05, 3.63) is 11.6 Å². The molecular weight excluding hydrogens is 276 g/mol. The van der Waals surface area contributed by atoms with E-state index in [1.54, 1.807) is 13.8 Å². The minimum Gasteiger partial charge on any atom is -0.463 e. The Bertz CT molecular complexity index is 390. The zero-order valence-corrected chi connectivity index (χ0v) is 12.5. The average molecular weight is 300 g/mol. The normalized spacial score (nSPS) is 36.4. The van der Waals surface area contributed by atoms with Gasteiger partial charge in [-0.15, -0.1) is 0 Å². The van der Waals surface area contributed by atoms with Crippen LogP contribution in [0, 0.1) is 5.92 Å². The van der Waals surface area contributed by atoms with E-state index in [1.165, 1.54) is 6.08 Å². The van der Waals surface area contributed by atoms with Crippen LogP contribution in [-0.4, -0.2) is 60.4 Å². The lowest BCUT2D eigenvalue weighted by molar-refractivity contribution is -0.165. The molecule has 6 nitrogen and oxygen atoms in total. The molecule has 21 heavy (non-hydrogen) atoms. The Morgan fingerprint density at radius 3 is 2.62 bits per heavy atom. The van der Waals surface area contributed by atoms with E-state index >= 15 is 0 Å². The maximum Gasteiger partial charge on any atom is 0.330 e. The molecule has 6 heteroatoms. The molecule has 0 bridgehead atoms. The number of esters is 1. The molecule has 2 aliphatic heterocycles. The number of aliphatic hydroxyl groups is 2. The van der Waals surface area contributed by atoms with Gasteiger partial charge in [-0.2, -0.15) is 0 Å². The minimum absolute atomic E-state index is 0.0990. The molecule has 0 spiro atoms. The lowest BCUT2D eigenvalue weighted by atomic mass is 9.87. The second kappa shape index (κ2) is 7.35. The van der Waals surface area contributed by atoms with E-state index in [4.69, 9.17) is 14.2 Å². The smallest absolute Gasteiger partial charge is 0.330 e. The number of ether oxygens (including phenoxy) is 3. The summed E-state index contributed by atoms with van der Waals surface area (Å²) in [5, 5.41) is 20.3. The van der Waals surface area contributed by atoms with E-state index in [9.17, 15) is 15.0 Å². The standard InChI is InChI=1S/C15H24O6/c1-3-19-13(16)5-9(2)4-12-15(18)14(17)10(7-21-12)6-11-8-20-11/h5,10-12,14-15,17-18H,3-4,6-8H2,1-2H3/b9-5+/t10-,11?,12-,14+,15-/m0/s1. The topological polar surface area (TPSA) is 88.5 Å². The minimum atomic E-state index is -0.951. The van der Waals surface area contributed by atoms with Crippen LogP contribution in [0.2, 0.25) is 0 Å². The van der Waals surface area contributed by atoms with E-state index in [-0.39, 0.29) is 12.0 Å². The monoisotopic (exact) mass is 300 g/mol. The quantitative estimate of drug-likeness (QED) is 0.420. The SMILES string of the molecule is CCOC(=O)/C=C(\C)C[C@@H]1OC[C@H](CC2CO2)[C@@H](O)[C@H]1O. The summed E-state index contributed by atoms with van der Waals surface area (Å²) < 4.78 is 15.6. The molecule has 0 aromatic carbocycles. The van der Waals surface area contributed by atoms with Crippen molar-refractivity contribution in [1.82, 2.24) is 0 Å². The molecule has 2 N–H and O–H groups in total. The molecule has 0 saturated carbocycles. The van der Waals surface area contributed by atoms with Gasteiger partial charge in [0.1, 0.15) is 6.10 Å². The number of hydrogen-bond acceptors (Lipinski definition) is 6. The van der Waals surface area contributed by atoms with Gasteiger partial charge < -0.3 is 24.4 Å². The summed E-state index contributed by atoms with van der Waals surface area (Å²) in [5.41, 5.74) is 0.758. The van der Waals surface area contributed by atoms with Crippen molar-refractivity contribution < 1.29 is 29.2 Å². The molecule has 2 rings (SSSR count). The van der Waals surface area contributed by atoms with Crippen molar-refractivity contribution in [1.29, 1.82) is 0 Å². The maximum absolute atomic E-state index is 11.4. The fourth-order valence-electron chi connectivity index (χ4n) is 2.63. The highest BCUT2D eigenvalue weighted by Gasteiger charge is 2.41. The summed E-state index contributed by atoms with van der Waals surface area (Å²) >= 11 is 0. The molecule has 2 fully saturated rings. The first-order chi connectivity index (χ1) is 10.0. The van der Waals surface area contributed by atoms with Crippen molar-refractivity contribution in [2.24, 2.45) is 5.92 Å². The Morgan fingerprint density at radius 1 is 1.29 bits per heavy atom. The number of aliphatic hydroxyl groups excluding tert-OH is 2. The zero-order chi connectivity index (χ0) is 15.4. The van der Waals surface area contributed by atoms with Gasteiger partial charge >= 0.3 is 5.97 Å². The predicted molar refractivity (Wildman–Crippen MR) is 74.6 cm³/mol. The lowest BCUT2D eigenvalue weighted by Gasteiger charge is -2.37. The van der Waals surface area contributed by atoms with Crippen LogP contribution in [0.3, 0.4) is 0 Å².